The highest BCUT2D eigenvalue weighted by Gasteiger charge is 2.00. The molecular formula is C16H26O2S. The summed E-state index contributed by atoms with van der Waals surface area (Å²) in [6.45, 7) is 2.36. The minimum absolute atomic E-state index is 0.0431. The molecule has 0 radical (unpaired) electrons. The van der Waals surface area contributed by atoms with E-state index >= 15 is 0 Å². The van der Waals surface area contributed by atoms with Gasteiger partial charge in [-0.05, 0) is 37.6 Å². The number of ether oxygens (including phenoxy) is 1. The summed E-state index contributed by atoms with van der Waals surface area (Å²) < 4.78 is 4.90. The maximum Gasteiger partial charge on any atom is 0.305 e. The van der Waals surface area contributed by atoms with Crippen molar-refractivity contribution in [1.82, 2.24) is 0 Å². The standard InChI is InChI=1S/C16H26O2S/c1-2-18-16(17)13-9-7-5-3-4-6-8-11-15-12-10-14-19-15/h10,12,14H,2-9,11,13H2,1H3. The van der Waals surface area contributed by atoms with E-state index in [1.165, 1.54) is 43.4 Å². The Morgan fingerprint density at radius 1 is 1.11 bits per heavy atom. The van der Waals surface area contributed by atoms with E-state index < -0.39 is 0 Å². The highest BCUT2D eigenvalue weighted by Crippen LogP contribution is 2.14. The van der Waals surface area contributed by atoms with Gasteiger partial charge in [-0.25, -0.2) is 0 Å². The highest BCUT2D eigenvalue weighted by molar-refractivity contribution is 7.09. The van der Waals surface area contributed by atoms with Gasteiger partial charge < -0.3 is 4.74 Å². The zero-order valence-electron chi connectivity index (χ0n) is 12.0. The van der Waals surface area contributed by atoms with Gasteiger partial charge in [0.25, 0.3) is 0 Å². The van der Waals surface area contributed by atoms with Gasteiger partial charge >= 0.3 is 5.97 Å². The van der Waals surface area contributed by atoms with E-state index in [2.05, 4.69) is 17.5 Å². The molecule has 0 aliphatic rings. The van der Waals surface area contributed by atoms with Crippen LogP contribution in [0.15, 0.2) is 17.5 Å². The van der Waals surface area contributed by atoms with Crippen LogP contribution in [0, 0.1) is 0 Å². The first-order valence-electron chi connectivity index (χ1n) is 7.51. The van der Waals surface area contributed by atoms with E-state index in [-0.39, 0.29) is 5.97 Å². The lowest BCUT2D eigenvalue weighted by atomic mass is 10.1. The van der Waals surface area contributed by atoms with Crippen LogP contribution in [0.1, 0.15) is 63.2 Å². The van der Waals surface area contributed by atoms with Crippen molar-refractivity contribution in [2.45, 2.75) is 64.7 Å². The van der Waals surface area contributed by atoms with Gasteiger partial charge in [-0.15, -0.1) is 11.3 Å². The van der Waals surface area contributed by atoms with E-state index in [0.717, 1.165) is 12.8 Å². The summed E-state index contributed by atoms with van der Waals surface area (Å²) in [5.74, 6) is -0.0431. The number of esters is 1. The number of carbonyl (C=O) groups excluding carboxylic acids is 1. The summed E-state index contributed by atoms with van der Waals surface area (Å²) in [5, 5.41) is 2.15. The summed E-state index contributed by atoms with van der Waals surface area (Å²) in [6, 6.07) is 4.35. The molecule has 0 bridgehead atoms. The zero-order chi connectivity index (χ0) is 13.8. The summed E-state index contributed by atoms with van der Waals surface area (Å²) in [6.07, 6.45) is 10.5. The Morgan fingerprint density at radius 2 is 1.79 bits per heavy atom. The smallest absolute Gasteiger partial charge is 0.305 e. The Hall–Kier alpha value is -0.830. The Bertz CT molecular complexity index is 319. The fraction of sp³-hybridized carbons (Fsp3) is 0.688. The van der Waals surface area contributed by atoms with Crippen molar-refractivity contribution in [1.29, 1.82) is 0 Å². The van der Waals surface area contributed by atoms with Crippen molar-refractivity contribution in [3.63, 3.8) is 0 Å². The summed E-state index contributed by atoms with van der Waals surface area (Å²) >= 11 is 1.86. The molecule has 1 aromatic heterocycles. The maximum absolute atomic E-state index is 11.1. The minimum Gasteiger partial charge on any atom is -0.466 e. The average Bonchev–Trinajstić information content (AvgIpc) is 2.90. The molecule has 0 aliphatic heterocycles. The first kappa shape index (κ1) is 16.2. The van der Waals surface area contributed by atoms with Gasteiger partial charge in [-0.2, -0.15) is 0 Å². The molecule has 0 saturated carbocycles. The molecule has 0 saturated heterocycles. The highest BCUT2D eigenvalue weighted by atomic mass is 32.1. The van der Waals surface area contributed by atoms with Gasteiger partial charge in [0.1, 0.15) is 0 Å². The molecule has 108 valence electrons. The third-order valence-corrected chi connectivity index (χ3v) is 4.13. The number of thiophene rings is 1. The van der Waals surface area contributed by atoms with E-state index in [0.29, 0.717) is 13.0 Å². The molecule has 3 heteroatoms. The summed E-state index contributed by atoms with van der Waals surface area (Å²) in [7, 11) is 0. The first-order chi connectivity index (χ1) is 9.33. The summed E-state index contributed by atoms with van der Waals surface area (Å²) in [4.78, 5) is 12.6. The second kappa shape index (κ2) is 11.0. The van der Waals surface area contributed by atoms with E-state index in [4.69, 9.17) is 4.74 Å². The van der Waals surface area contributed by atoms with E-state index in [1.54, 1.807) is 0 Å². The molecule has 1 heterocycles. The molecule has 0 unspecified atom stereocenters. The van der Waals surface area contributed by atoms with Crippen LogP contribution in [-0.2, 0) is 16.0 Å². The summed E-state index contributed by atoms with van der Waals surface area (Å²) in [5.41, 5.74) is 0. The van der Waals surface area contributed by atoms with Gasteiger partial charge in [0.05, 0.1) is 6.61 Å². The average molecular weight is 282 g/mol. The van der Waals surface area contributed by atoms with Crippen LogP contribution in [0.25, 0.3) is 0 Å². The van der Waals surface area contributed by atoms with Crippen molar-refractivity contribution < 1.29 is 9.53 Å². The van der Waals surface area contributed by atoms with Gasteiger partial charge in [0.2, 0.25) is 0 Å². The largest absolute Gasteiger partial charge is 0.466 e. The Balaban J connectivity index is 1.80. The third-order valence-electron chi connectivity index (χ3n) is 3.19. The molecule has 1 rings (SSSR count). The van der Waals surface area contributed by atoms with Crippen molar-refractivity contribution in [2.24, 2.45) is 0 Å². The Labute approximate surface area is 121 Å². The van der Waals surface area contributed by atoms with Gasteiger partial charge in [0, 0.05) is 11.3 Å². The second-order valence-electron chi connectivity index (χ2n) is 4.86. The van der Waals surface area contributed by atoms with Crippen LogP contribution in [0.2, 0.25) is 0 Å². The normalized spacial score (nSPS) is 10.6. The van der Waals surface area contributed by atoms with Crippen molar-refractivity contribution in [2.75, 3.05) is 6.61 Å². The fourth-order valence-electron chi connectivity index (χ4n) is 2.14. The van der Waals surface area contributed by atoms with E-state index in [1.807, 2.05) is 18.3 Å². The van der Waals surface area contributed by atoms with Crippen LogP contribution in [0.3, 0.4) is 0 Å². The number of carbonyl (C=O) groups is 1. The lowest BCUT2D eigenvalue weighted by molar-refractivity contribution is -0.143. The molecular weight excluding hydrogens is 256 g/mol. The quantitative estimate of drug-likeness (QED) is 0.423. The Morgan fingerprint density at radius 3 is 2.42 bits per heavy atom. The molecule has 0 N–H and O–H groups in total. The molecule has 19 heavy (non-hydrogen) atoms. The maximum atomic E-state index is 11.1. The lowest BCUT2D eigenvalue weighted by Crippen LogP contribution is -2.03. The molecule has 0 amide bonds. The second-order valence-corrected chi connectivity index (χ2v) is 5.89. The van der Waals surface area contributed by atoms with Gasteiger partial charge in [0.15, 0.2) is 0 Å². The minimum atomic E-state index is -0.0431. The SMILES string of the molecule is CCOC(=O)CCCCCCCCCc1cccs1. The molecule has 0 aromatic carbocycles. The first-order valence-corrected chi connectivity index (χ1v) is 8.39. The molecule has 0 spiro atoms. The predicted octanol–water partition coefficient (Wildman–Crippen LogP) is 4.97. The molecule has 2 nitrogen and oxygen atoms in total. The lowest BCUT2D eigenvalue weighted by Gasteiger charge is -2.02. The third kappa shape index (κ3) is 8.82. The fourth-order valence-corrected chi connectivity index (χ4v) is 2.89. The number of unbranched alkanes of at least 4 members (excludes halogenated alkanes) is 6. The predicted molar refractivity (Wildman–Crippen MR) is 81.6 cm³/mol. The van der Waals surface area contributed by atoms with Crippen molar-refractivity contribution in [3.05, 3.63) is 22.4 Å². The molecule has 0 atom stereocenters. The number of aryl methyl sites for hydroxylation is 1. The zero-order valence-corrected chi connectivity index (χ0v) is 12.8. The van der Waals surface area contributed by atoms with Crippen LogP contribution < -0.4 is 0 Å². The molecule has 1 aromatic rings. The van der Waals surface area contributed by atoms with Crippen molar-refractivity contribution >= 4 is 17.3 Å². The topological polar surface area (TPSA) is 26.3 Å². The van der Waals surface area contributed by atoms with Crippen LogP contribution in [-0.4, -0.2) is 12.6 Å². The van der Waals surface area contributed by atoms with Crippen molar-refractivity contribution in [3.8, 4) is 0 Å². The van der Waals surface area contributed by atoms with Gasteiger partial charge in [-0.3, -0.25) is 4.79 Å². The van der Waals surface area contributed by atoms with Crippen LogP contribution in [0.4, 0.5) is 0 Å². The monoisotopic (exact) mass is 282 g/mol. The number of rotatable bonds is 11. The molecule has 0 aliphatic carbocycles. The van der Waals surface area contributed by atoms with Crippen LogP contribution >= 0.6 is 11.3 Å². The van der Waals surface area contributed by atoms with Gasteiger partial charge in [-0.1, -0.05) is 38.2 Å². The Kier molecular flexibility index (Phi) is 9.42. The van der Waals surface area contributed by atoms with E-state index in [9.17, 15) is 4.79 Å². The number of hydrogen-bond acceptors (Lipinski definition) is 3. The number of hydrogen-bond donors (Lipinski definition) is 0. The van der Waals surface area contributed by atoms with Crippen LogP contribution in [0.5, 0.6) is 0 Å². The molecule has 0 fully saturated rings.